The second-order valence-electron chi connectivity index (χ2n) is 5.98. The lowest BCUT2D eigenvalue weighted by Crippen LogP contribution is -2.49. The summed E-state index contributed by atoms with van der Waals surface area (Å²) < 4.78 is 10.6. The number of nitriles is 1. The number of para-hydroxylation sites is 1. The lowest BCUT2D eigenvalue weighted by atomic mass is 10.2. The highest BCUT2D eigenvalue weighted by atomic mass is 16.5. The molecule has 0 atom stereocenters. The first kappa shape index (κ1) is 17.0. The lowest BCUT2D eigenvalue weighted by Gasteiger charge is -2.34. The molecule has 0 radical (unpaired) electrons. The zero-order valence-corrected chi connectivity index (χ0v) is 14.1. The molecule has 2 heterocycles. The van der Waals surface area contributed by atoms with Crippen molar-refractivity contribution in [2.45, 2.75) is 13.5 Å². The minimum atomic E-state index is -0.0651. The number of aryl methyl sites for hydroxylation is 1. The molecule has 1 aliphatic rings. The summed E-state index contributed by atoms with van der Waals surface area (Å²) in [5.74, 6) is 1.18. The molecule has 0 N–H and O–H groups in total. The zero-order chi connectivity index (χ0) is 17.6. The van der Waals surface area contributed by atoms with E-state index in [1.165, 1.54) is 0 Å². The van der Waals surface area contributed by atoms with Gasteiger partial charge in [0.05, 0.1) is 11.3 Å². The Hall–Kier alpha value is -2.85. The third-order valence-corrected chi connectivity index (χ3v) is 4.15. The third kappa shape index (κ3) is 4.37. The molecule has 7 nitrogen and oxygen atoms in total. The Morgan fingerprint density at radius 3 is 2.76 bits per heavy atom. The SMILES string of the molecule is Cc1cc(CN2CCN(C(=O)COc3ccccc3C#N)CC2)no1. The van der Waals surface area contributed by atoms with E-state index in [0.717, 1.165) is 31.1 Å². The van der Waals surface area contributed by atoms with Crippen LogP contribution in [0.25, 0.3) is 0 Å². The molecular formula is C18H20N4O3. The maximum absolute atomic E-state index is 12.3. The van der Waals surface area contributed by atoms with Gasteiger partial charge in [-0.1, -0.05) is 17.3 Å². The molecule has 1 fully saturated rings. The van der Waals surface area contributed by atoms with E-state index in [1.54, 1.807) is 29.2 Å². The average molecular weight is 340 g/mol. The normalized spacial score (nSPS) is 15.0. The number of aromatic nitrogens is 1. The summed E-state index contributed by atoms with van der Waals surface area (Å²) in [6, 6.07) is 10.9. The first-order valence-electron chi connectivity index (χ1n) is 8.20. The monoisotopic (exact) mass is 340 g/mol. The molecule has 25 heavy (non-hydrogen) atoms. The Bertz CT molecular complexity index is 773. The van der Waals surface area contributed by atoms with Crippen molar-refractivity contribution >= 4 is 5.91 Å². The molecular weight excluding hydrogens is 320 g/mol. The number of nitrogens with zero attached hydrogens (tertiary/aromatic N) is 4. The average Bonchev–Trinajstić information content (AvgIpc) is 3.05. The Morgan fingerprint density at radius 1 is 1.32 bits per heavy atom. The minimum absolute atomic E-state index is 0.0544. The van der Waals surface area contributed by atoms with Crippen LogP contribution in [0.2, 0.25) is 0 Å². The molecule has 0 saturated carbocycles. The van der Waals surface area contributed by atoms with Gasteiger partial charge in [0.2, 0.25) is 0 Å². The molecule has 0 spiro atoms. The molecule has 1 saturated heterocycles. The summed E-state index contributed by atoms with van der Waals surface area (Å²) >= 11 is 0. The van der Waals surface area contributed by atoms with Crippen molar-refractivity contribution in [2.75, 3.05) is 32.8 Å². The Kier molecular flexibility index (Phi) is 5.31. The van der Waals surface area contributed by atoms with Crippen LogP contribution in [0.5, 0.6) is 5.75 Å². The maximum atomic E-state index is 12.3. The van der Waals surface area contributed by atoms with Crippen LogP contribution in [-0.2, 0) is 11.3 Å². The molecule has 1 aromatic heterocycles. The summed E-state index contributed by atoms with van der Waals surface area (Å²) in [5.41, 5.74) is 1.34. The number of rotatable bonds is 5. The molecule has 0 aliphatic carbocycles. The fraction of sp³-hybridized carbons (Fsp3) is 0.389. The van der Waals surface area contributed by atoms with Crippen LogP contribution in [0.1, 0.15) is 17.0 Å². The summed E-state index contributed by atoms with van der Waals surface area (Å²) in [4.78, 5) is 16.3. The number of ether oxygens (including phenoxy) is 1. The largest absolute Gasteiger partial charge is 0.482 e. The lowest BCUT2D eigenvalue weighted by molar-refractivity contribution is -0.135. The fourth-order valence-corrected chi connectivity index (χ4v) is 2.79. The second-order valence-corrected chi connectivity index (χ2v) is 5.98. The number of carbonyl (C=O) groups is 1. The van der Waals surface area contributed by atoms with Crippen LogP contribution < -0.4 is 4.74 Å². The van der Waals surface area contributed by atoms with Gasteiger partial charge in [-0.25, -0.2) is 0 Å². The number of piperazine rings is 1. The van der Waals surface area contributed by atoms with E-state index in [4.69, 9.17) is 14.5 Å². The predicted molar refractivity (Wildman–Crippen MR) is 89.7 cm³/mol. The Morgan fingerprint density at radius 2 is 2.08 bits per heavy atom. The van der Waals surface area contributed by atoms with Gasteiger partial charge in [0.15, 0.2) is 6.61 Å². The standard InChI is InChI=1S/C18H20N4O3/c1-14-10-16(20-25-14)12-21-6-8-22(9-7-21)18(23)13-24-17-5-3-2-4-15(17)11-19/h2-5,10H,6-9,12-13H2,1H3. The molecule has 3 rings (SSSR count). The quantitative estimate of drug-likeness (QED) is 0.822. The Labute approximate surface area is 146 Å². The topological polar surface area (TPSA) is 82.6 Å². The molecule has 1 amide bonds. The van der Waals surface area contributed by atoms with E-state index in [1.807, 2.05) is 13.0 Å². The van der Waals surface area contributed by atoms with Crippen LogP contribution in [-0.4, -0.2) is 53.6 Å². The molecule has 0 bridgehead atoms. The van der Waals surface area contributed by atoms with E-state index in [-0.39, 0.29) is 12.5 Å². The van der Waals surface area contributed by atoms with Gasteiger partial charge < -0.3 is 14.2 Å². The van der Waals surface area contributed by atoms with Gasteiger partial charge in [0.25, 0.3) is 5.91 Å². The molecule has 7 heteroatoms. The number of benzene rings is 1. The molecule has 0 unspecified atom stereocenters. The Balaban J connectivity index is 1.46. The number of amides is 1. The van der Waals surface area contributed by atoms with Gasteiger partial charge in [-0.05, 0) is 19.1 Å². The number of carbonyl (C=O) groups excluding carboxylic acids is 1. The smallest absolute Gasteiger partial charge is 0.260 e. The highest BCUT2D eigenvalue weighted by molar-refractivity contribution is 5.78. The van der Waals surface area contributed by atoms with Gasteiger partial charge in [0.1, 0.15) is 17.6 Å². The molecule has 1 aliphatic heterocycles. The van der Waals surface area contributed by atoms with Gasteiger partial charge in [-0.2, -0.15) is 5.26 Å². The van der Waals surface area contributed by atoms with Crippen molar-refractivity contribution in [3.63, 3.8) is 0 Å². The predicted octanol–water partition coefficient (Wildman–Crippen LogP) is 1.58. The number of hydrogen-bond donors (Lipinski definition) is 0. The van der Waals surface area contributed by atoms with E-state index >= 15 is 0 Å². The highest BCUT2D eigenvalue weighted by Crippen LogP contribution is 2.16. The first-order valence-corrected chi connectivity index (χ1v) is 8.20. The van der Waals surface area contributed by atoms with Gasteiger partial charge in [-0.15, -0.1) is 0 Å². The maximum Gasteiger partial charge on any atom is 0.260 e. The van der Waals surface area contributed by atoms with Gasteiger partial charge >= 0.3 is 0 Å². The van der Waals surface area contributed by atoms with Crippen LogP contribution in [0.4, 0.5) is 0 Å². The fourth-order valence-electron chi connectivity index (χ4n) is 2.79. The summed E-state index contributed by atoms with van der Waals surface area (Å²) in [7, 11) is 0. The summed E-state index contributed by atoms with van der Waals surface area (Å²) in [6.07, 6.45) is 0. The van der Waals surface area contributed by atoms with E-state index in [0.29, 0.717) is 24.4 Å². The van der Waals surface area contributed by atoms with E-state index in [9.17, 15) is 4.79 Å². The zero-order valence-electron chi connectivity index (χ0n) is 14.1. The van der Waals surface area contributed by atoms with Gasteiger partial charge in [0, 0.05) is 38.8 Å². The third-order valence-electron chi connectivity index (χ3n) is 4.15. The summed E-state index contributed by atoms with van der Waals surface area (Å²) in [5, 5.41) is 13.0. The van der Waals surface area contributed by atoms with E-state index in [2.05, 4.69) is 16.1 Å². The van der Waals surface area contributed by atoms with Crippen molar-refractivity contribution in [3.05, 3.63) is 47.3 Å². The van der Waals surface area contributed by atoms with Gasteiger partial charge in [-0.3, -0.25) is 9.69 Å². The highest BCUT2D eigenvalue weighted by Gasteiger charge is 2.22. The second kappa shape index (κ2) is 7.81. The molecule has 2 aromatic rings. The van der Waals surface area contributed by atoms with E-state index < -0.39 is 0 Å². The van der Waals surface area contributed by atoms with Crippen molar-refractivity contribution < 1.29 is 14.1 Å². The number of hydrogen-bond acceptors (Lipinski definition) is 6. The van der Waals surface area contributed by atoms with Crippen molar-refractivity contribution in [3.8, 4) is 11.8 Å². The van der Waals surface area contributed by atoms with Crippen molar-refractivity contribution in [1.82, 2.24) is 15.0 Å². The van der Waals surface area contributed by atoms with Crippen molar-refractivity contribution in [2.24, 2.45) is 0 Å². The van der Waals surface area contributed by atoms with Crippen LogP contribution in [0.15, 0.2) is 34.9 Å². The van der Waals surface area contributed by atoms with Crippen molar-refractivity contribution in [1.29, 1.82) is 5.26 Å². The molecule has 130 valence electrons. The van der Waals surface area contributed by atoms with Crippen LogP contribution >= 0.6 is 0 Å². The first-order chi connectivity index (χ1) is 12.2. The molecule has 1 aromatic carbocycles. The van der Waals surface area contributed by atoms with Crippen LogP contribution in [0.3, 0.4) is 0 Å². The minimum Gasteiger partial charge on any atom is -0.482 e. The summed E-state index contributed by atoms with van der Waals surface area (Å²) in [6.45, 7) is 5.42. The van der Waals surface area contributed by atoms with Crippen LogP contribution in [0, 0.1) is 18.3 Å².